The minimum atomic E-state index is -0.575. The van der Waals surface area contributed by atoms with Crippen LogP contribution >= 0.6 is 0 Å². The minimum Gasteiger partial charge on any atom is -0.384 e. The first kappa shape index (κ1) is 13.8. The highest BCUT2D eigenvalue weighted by Crippen LogP contribution is 2.23. The van der Waals surface area contributed by atoms with Crippen molar-refractivity contribution < 1.29 is 5.11 Å². The summed E-state index contributed by atoms with van der Waals surface area (Å²) >= 11 is 0. The smallest absolute Gasteiger partial charge is 0.104 e. The fourth-order valence-electron chi connectivity index (χ4n) is 2.29. The number of aliphatic hydroxyl groups is 1. The van der Waals surface area contributed by atoms with E-state index in [9.17, 15) is 5.11 Å². The van der Waals surface area contributed by atoms with Crippen LogP contribution in [0.4, 0.5) is 0 Å². The Bertz CT molecular complexity index is 548. The summed E-state index contributed by atoms with van der Waals surface area (Å²) in [5, 5.41) is 10.4. The molecule has 1 heterocycles. The summed E-state index contributed by atoms with van der Waals surface area (Å²) < 4.78 is 0. The normalized spacial score (nSPS) is 12.7. The van der Waals surface area contributed by atoms with Crippen LogP contribution < -0.4 is 0 Å². The lowest BCUT2D eigenvalue weighted by molar-refractivity contribution is 0.220. The summed E-state index contributed by atoms with van der Waals surface area (Å²) in [7, 11) is 0. The molecule has 0 bridgehead atoms. The van der Waals surface area contributed by atoms with Gasteiger partial charge >= 0.3 is 0 Å². The van der Waals surface area contributed by atoms with Crippen LogP contribution in [0, 0.1) is 12.8 Å². The van der Waals surface area contributed by atoms with Crippen molar-refractivity contribution in [3.63, 3.8) is 0 Å². The summed E-state index contributed by atoms with van der Waals surface area (Å²) in [5.41, 5.74) is 4.05. The molecule has 100 valence electrons. The van der Waals surface area contributed by atoms with Crippen LogP contribution in [-0.2, 0) is 6.42 Å². The molecule has 0 spiro atoms. The lowest BCUT2D eigenvalue weighted by Crippen LogP contribution is -2.02. The molecule has 1 aromatic heterocycles. The molecule has 19 heavy (non-hydrogen) atoms. The minimum absolute atomic E-state index is 0.575. The van der Waals surface area contributed by atoms with E-state index in [0.29, 0.717) is 5.92 Å². The van der Waals surface area contributed by atoms with Crippen LogP contribution in [-0.4, -0.2) is 10.1 Å². The Balaban J connectivity index is 2.26. The van der Waals surface area contributed by atoms with Gasteiger partial charge in [0.25, 0.3) is 0 Å². The van der Waals surface area contributed by atoms with Gasteiger partial charge in [-0.3, -0.25) is 4.98 Å². The molecule has 0 amide bonds. The molecule has 0 aliphatic rings. The first-order chi connectivity index (χ1) is 9.06. The van der Waals surface area contributed by atoms with Crippen molar-refractivity contribution in [3.05, 3.63) is 65.0 Å². The summed E-state index contributed by atoms with van der Waals surface area (Å²) in [4.78, 5) is 4.16. The van der Waals surface area contributed by atoms with Crippen LogP contribution in [0.1, 0.15) is 42.3 Å². The molecular weight excluding hydrogens is 234 g/mol. The third-order valence-corrected chi connectivity index (χ3v) is 3.15. The van der Waals surface area contributed by atoms with Gasteiger partial charge in [-0.15, -0.1) is 0 Å². The average Bonchev–Trinajstić information content (AvgIpc) is 2.37. The summed E-state index contributed by atoms with van der Waals surface area (Å²) in [6.07, 6.45) is 2.20. The molecular formula is C17H21NO. The van der Waals surface area contributed by atoms with E-state index in [2.05, 4.69) is 31.0 Å². The SMILES string of the molecule is Cc1cc(C(O)c2cccc(CC(C)C)c2)ccn1. The Labute approximate surface area is 115 Å². The monoisotopic (exact) mass is 255 g/mol. The van der Waals surface area contributed by atoms with E-state index in [4.69, 9.17) is 0 Å². The van der Waals surface area contributed by atoms with Gasteiger partial charge in [0.05, 0.1) is 0 Å². The highest BCUT2D eigenvalue weighted by Gasteiger charge is 2.11. The molecule has 2 heteroatoms. The molecule has 2 nitrogen and oxygen atoms in total. The largest absolute Gasteiger partial charge is 0.384 e. The third-order valence-electron chi connectivity index (χ3n) is 3.15. The van der Waals surface area contributed by atoms with Gasteiger partial charge in [0, 0.05) is 11.9 Å². The second kappa shape index (κ2) is 5.98. The predicted octanol–water partition coefficient (Wildman–Crippen LogP) is 3.67. The van der Waals surface area contributed by atoms with Crippen molar-refractivity contribution in [2.45, 2.75) is 33.3 Å². The molecule has 0 fully saturated rings. The quantitative estimate of drug-likeness (QED) is 0.904. The lowest BCUT2D eigenvalue weighted by Gasteiger charge is -2.14. The molecule has 0 radical (unpaired) electrons. The topological polar surface area (TPSA) is 33.1 Å². The van der Waals surface area contributed by atoms with E-state index >= 15 is 0 Å². The highest BCUT2D eigenvalue weighted by molar-refractivity contribution is 5.32. The summed E-state index contributed by atoms with van der Waals surface area (Å²) in [6.45, 7) is 6.34. The van der Waals surface area contributed by atoms with Crippen LogP contribution in [0.3, 0.4) is 0 Å². The summed E-state index contributed by atoms with van der Waals surface area (Å²) in [6, 6.07) is 12.0. The Morgan fingerprint density at radius 3 is 2.53 bits per heavy atom. The number of pyridine rings is 1. The zero-order valence-electron chi connectivity index (χ0n) is 11.8. The number of hydrogen-bond donors (Lipinski definition) is 1. The molecule has 0 aliphatic carbocycles. The zero-order valence-corrected chi connectivity index (χ0v) is 11.8. The van der Waals surface area contributed by atoms with E-state index in [1.807, 2.05) is 31.2 Å². The Morgan fingerprint density at radius 2 is 1.84 bits per heavy atom. The van der Waals surface area contributed by atoms with Crippen LogP contribution in [0.2, 0.25) is 0 Å². The first-order valence-electron chi connectivity index (χ1n) is 6.75. The fraction of sp³-hybridized carbons (Fsp3) is 0.353. The first-order valence-corrected chi connectivity index (χ1v) is 6.75. The number of nitrogens with zero attached hydrogens (tertiary/aromatic N) is 1. The number of aliphatic hydroxyl groups excluding tert-OH is 1. The van der Waals surface area contributed by atoms with Crippen molar-refractivity contribution in [1.29, 1.82) is 0 Å². The van der Waals surface area contributed by atoms with Gasteiger partial charge in [-0.05, 0) is 48.1 Å². The van der Waals surface area contributed by atoms with Crippen molar-refractivity contribution >= 4 is 0 Å². The number of aromatic nitrogens is 1. The van der Waals surface area contributed by atoms with Crippen molar-refractivity contribution in [3.8, 4) is 0 Å². The van der Waals surface area contributed by atoms with Crippen molar-refractivity contribution in [2.75, 3.05) is 0 Å². The van der Waals surface area contributed by atoms with Gasteiger partial charge in [0.2, 0.25) is 0 Å². The Kier molecular flexibility index (Phi) is 4.33. The Morgan fingerprint density at radius 1 is 1.11 bits per heavy atom. The molecule has 0 saturated heterocycles. The molecule has 1 N–H and O–H groups in total. The molecule has 1 unspecified atom stereocenters. The van der Waals surface area contributed by atoms with E-state index in [0.717, 1.165) is 23.2 Å². The van der Waals surface area contributed by atoms with Crippen LogP contribution in [0.25, 0.3) is 0 Å². The second-order valence-corrected chi connectivity index (χ2v) is 5.48. The summed E-state index contributed by atoms with van der Waals surface area (Å²) in [5.74, 6) is 0.621. The number of hydrogen-bond acceptors (Lipinski definition) is 2. The van der Waals surface area contributed by atoms with Gasteiger partial charge < -0.3 is 5.11 Å². The van der Waals surface area contributed by atoms with Crippen molar-refractivity contribution in [1.82, 2.24) is 4.98 Å². The predicted molar refractivity (Wildman–Crippen MR) is 78.0 cm³/mol. The van der Waals surface area contributed by atoms with Gasteiger partial charge in [-0.25, -0.2) is 0 Å². The zero-order chi connectivity index (χ0) is 13.8. The van der Waals surface area contributed by atoms with Crippen LogP contribution in [0.5, 0.6) is 0 Å². The van der Waals surface area contributed by atoms with E-state index < -0.39 is 6.10 Å². The molecule has 2 aromatic rings. The molecule has 1 aromatic carbocycles. The van der Waals surface area contributed by atoms with E-state index in [-0.39, 0.29) is 0 Å². The number of rotatable bonds is 4. The van der Waals surface area contributed by atoms with Crippen LogP contribution in [0.15, 0.2) is 42.6 Å². The van der Waals surface area contributed by atoms with Gasteiger partial charge in [0.1, 0.15) is 6.10 Å². The molecule has 0 aliphatic heterocycles. The lowest BCUT2D eigenvalue weighted by atomic mass is 9.96. The highest BCUT2D eigenvalue weighted by atomic mass is 16.3. The standard InChI is InChI=1S/C17H21NO/c1-12(2)9-14-5-4-6-15(11-14)17(19)16-7-8-18-13(3)10-16/h4-8,10-12,17,19H,9H2,1-3H3. The number of aryl methyl sites for hydroxylation is 1. The maximum atomic E-state index is 10.4. The molecule has 0 saturated carbocycles. The van der Waals surface area contributed by atoms with Gasteiger partial charge in [-0.1, -0.05) is 38.1 Å². The van der Waals surface area contributed by atoms with E-state index in [1.165, 1.54) is 5.56 Å². The maximum absolute atomic E-state index is 10.4. The third kappa shape index (κ3) is 3.65. The molecule has 1 atom stereocenters. The van der Waals surface area contributed by atoms with Gasteiger partial charge in [0.15, 0.2) is 0 Å². The second-order valence-electron chi connectivity index (χ2n) is 5.48. The fourth-order valence-corrected chi connectivity index (χ4v) is 2.29. The maximum Gasteiger partial charge on any atom is 0.104 e. The van der Waals surface area contributed by atoms with Crippen molar-refractivity contribution in [2.24, 2.45) is 5.92 Å². The molecule has 2 rings (SSSR count). The Hall–Kier alpha value is -1.67. The van der Waals surface area contributed by atoms with Gasteiger partial charge in [-0.2, -0.15) is 0 Å². The van der Waals surface area contributed by atoms with E-state index in [1.54, 1.807) is 6.20 Å². The average molecular weight is 255 g/mol. The number of benzene rings is 1.